The average Bonchev–Trinajstić information content (AvgIpc) is 2.48. The van der Waals surface area contributed by atoms with E-state index in [4.69, 9.17) is 0 Å². The summed E-state index contributed by atoms with van der Waals surface area (Å²) in [4.78, 5) is 0. The molecule has 0 bridgehead atoms. The molecule has 0 heterocycles. The Morgan fingerprint density at radius 3 is 2.75 bits per heavy atom. The highest BCUT2D eigenvalue weighted by molar-refractivity contribution is 5.38. The van der Waals surface area contributed by atoms with Crippen molar-refractivity contribution in [1.82, 2.24) is 5.32 Å². The maximum atomic E-state index is 9.61. The number of phenolic OH excluding ortho intramolecular Hbond substituents is 1. The van der Waals surface area contributed by atoms with Gasteiger partial charge in [0.2, 0.25) is 0 Å². The summed E-state index contributed by atoms with van der Waals surface area (Å²) in [5.74, 6) is 0.375. The quantitative estimate of drug-likeness (QED) is 0.876. The molecule has 104 valence electrons. The second-order valence-corrected chi connectivity index (χ2v) is 5.63. The van der Waals surface area contributed by atoms with E-state index in [9.17, 15) is 5.11 Å². The number of rotatable bonds is 3. The van der Waals surface area contributed by atoms with Crippen molar-refractivity contribution in [3.63, 3.8) is 0 Å². The first-order valence-electron chi connectivity index (χ1n) is 7.37. The number of nitrogens with one attached hydrogen (secondary N) is 1. The summed E-state index contributed by atoms with van der Waals surface area (Å²) in [7, 11) is 0. The van der Waals surface area contributed by atoms with Crippen LogP contribution >= 0.6 is 0 Å². The van der Waals surface area contributed by atoms with Gasteiger partial charge in [0, 0.05) is 12.1 Å². The summed E-state index contributed by atoms with van der Waals surface area (Å²) in [5, 5.41) is 13.3. The Balaban J connectivity index is 1.80. The van der Waals surface area contributed by atoms with Gasteiger partial charge in [-0.15, -0.1) is 0 Å². The second-order valence-electron chi connectivity index (χ2n) is 5.63. The van der Waals surface area contributed by atoms with Crippen LogP contribution in [0.3, 0.4) is 0 Å². The van der Waals surface area contributed by atoms with Crippen molar-refractivity contribution in [2.45, 2.75) is 38.3 Å². The predicted octanol–water partition coefficient (Wildman–Crippen LogP) is 4.12. The minimum Gasteiger partial charge on any atom is -0.508 e. The van der Waals surface area contributed by atoms with Gasteiger partial charge in [-0.05, 0) is 55.0 Å². The number of benzene rings is 2. The maximum absolute atomic E-state index is 9.61. The second kappa shape index (κ2) is 5.68. The Hall–Kier alpha value is -1.80. The molecule has 1 aliphatic rings. The standard InChI is InChI=1S/C18H21NO/c1-13(14-6-3-2-4-7-14)19-18-9-5-8-15-12-16(20)10-11-17(15)18/h2-4,6-7,10-13,18-20H,5,8-9H2,1H3/t13-,18?/m1/s1. The Morgan fingerprint density at radius 2 is 1.95 bits per heavy atom. The van der Waals surface area contributed by atoms with Gasteiger partial charge >= 0.3 is 0 Å². The fraction of sp³-hybridized carbons (Fsp3) is 0.333. The molecular formula is C18H21NO. The van der Waals surface area contributed by atoms with Crippen molar-refractivity contribution in [2.24, 2.45) is 0 Å². The Labute approximate surface area is 120 Å². The van der Waals surface area contributed by atoms with Crippen LogP contribution in [0.4, 0.5) is 0 Å². The van der Waals surface area contributed by atoms with E-state index in [1.165, 1.54) is 23.1 Å². The highest BCUT2D eigenvalue weighted by Gasteiger charge is 2.22. The molecule has 0 fully saturated rings. The van der Waals surface area contributed by atoms with E-state index in [1.807, 2.05) is 6.07 Å². The lowest BCUT2D eigenvalue weighted by molar-refractivity contribution is 0.413. The van der Waals surface area contributed by atoms with Crippen LogP contribution in [0, 0.1) is 0 Å². The van der Waals surface area contributed by atoms with Crippen LogP contribution < -0.4 is 5.32 Å². The lowest BCUT2D eigenvalue weighted by Crippen LogP contribution is -2.27. The van der Waals surface area contributed by atoms with Gasteiger partial charge in [-0.2, -0.15) is 0 Å². The fourth-order valence-electron chi connectivity index (χ4n) is 3.11. The van der Waals surface area contributed by atoms with Crippen molar-refractivity contribution < 1.29 is 5.11 Å². The third kappa shape index (κ3) is 2.70. The Morgan fingerprint density at radius 1 is 1.15 bits per heavy atom. The van der Waals surface area contributed by atoms with Gasteiger partial charge in [-0.1, -0.05) is 36.4 Å². The van der Waals surface area contributed by atoms with Gasteiger partial charge in [0.05, 0.1) is 0 Å². The van der Waals surface area contributed by atoms with Crippen molar-refractivity contribution in [3.8, 4) is 5.75 Å². The molecule has 0 aliphatic heterocycles. The number of fused-ring (bicyclic) bond motifs is 1. The summed E-state index contributed by atoms with van der Waals surface area (Å²) < 4.78 is 0. The first-order valence-corrected chi connectivity index (χ1v) is 7.37. The molecule has 3 rings (SSSR count). The summed E-state index contributed by atoms with van der Waals surface area (Å²) in [6.45, 7) is 2.21. The van der Waals surface area contributed by atoms with E-state index >= 15 is 0 Å². The van der Waals surface area contributed by atoms with Gasteiger partial charge in [-0.25, -0.2) is 0 Å². The number of phenols is 1. The van der Waals surface area contributed by atoms with Crippen LogP contribution in [-0.2, 0) is 6.42 Å². The molecule has 0 radical (unpaired) electrons. The molecule has 2 N–H and O–H groups in total. The van der Waals surface area contributed by atoms with E-state index in [0.29, 0.717) is 17.8 Å². The van der Waals surface area contributed by atoms with Crippen molar-refractivity contribution >= 4 is 0 Å². The molecular weight excluding hydrogens is 246 g/mol. The summed E-state index contributed by atoms with van der Waals surface area (Å²) in [6, 6.07) is 17.0. The van der Waals surface area contributed by atoms with Crippen molar-refractivity contribution in [2.75, 3.05) is 0 Å². The molecule has 0 saturated carbocycles. The molecule has 20 heavy (non-hydrogen) atoms. The van der Waals surface area contributed by atoms with Crippen LogP contribution in [-0.4, -0.2) is 5.11 Å². The molecule has 0 amide bonds. The molecule has 1 aliphatic carbocycles. The number of aryl methyl sites for hydroxylation is 1. The van der Waals surface area contributed by atoms with Crippen LogP contribution in [0.2, 0.25) is 0 Å². The third-order valence-electron chi connectivity index (χ3n) is 4.19. The largest absolute Gasteiger partial charge is 0.508 e. The molecule has 0 saturated heterocycles. The highest BCUT2D eigenvalue weighted by atomic mass is 16.3. The lowest BCUT2D eigenvalue weighted by Gasteiger charge is -2.29. The summed E-state index contributed by atoms with van der Waals surface area (Å²) in [5.41, 5.74) is 3.95. The topological polar surface area (TPSA) is 32.3 Å². The van der Waals surface area contributed by atoms with Gasteiger partial charge in [0.25, 0.3) is 0 Å². The Bertz CT molecular complexity index is 579. The lowest BCUT2D eigenvalue weighted by atomic mass is 9.87. The van der Waals surface area contributed by atoms with E-state index in [2.05, 4.69) is 48.6 Å². The monoisotopic (exact) mass is 267 g/mol. The fourth-order valence-corrected chi connectivity index (χ4v) is 3.11. The minimum atomic E-state index is 0.334. The zero-order chi connectivity index (χ0) is 13.9. The zero-order valence-corrected chi connectivity index (χ0v) is 11.8. The molecule has 0 aromatic heterocycles. The SMILES string of the molecule is C[C@@H](NC1CCCc2cc(O)ccc21)c1ccccc1. The van der Waals surface area contributed by atoms with Crippen molar-refractivity contribution in [1.29, 1.82) is 0 Å². The maximum Gasteiger partial charge on any atom is 0.115 e. The van der Waals surface area contributed by atoms with E-state index < -0.39 is 0 Å². The third-order valence-corrected chi connectivity index (χ3v) is 4.19. The number of hydrogen-bond acceptors (Lipinski definition) is 2. The average molecular weight is 267 g/mol. The smallest absolute Gasteiger partial charge is 0.115 e. The molecule has 1 unspecified atom stereocenters. The van der Waals surface area contributed by atoms with Crippen LogP contribution in [0.1, 0.15) is 48.5 Å². The zero-order valence-electron chi connectivity index (χ0n) is 11.8. The minimum absolute atomic E-state index is 0.334. The normalized spacial score (nSPS) is 19.4. The van der Waals surface area contributed by atoms with Crippen LogP contribution in [0.15, 0.2) is 48.5 Å². The van der Waals surface area contributed by atoms with Crippen LogP contribution in [0.25, 0.3) is 0 Å². The summed E-state index contributed by atoms with van der Waals surface area (Å²) in [6.07, 6.45) is 3.41. The van der Waals surface area contributed by atoms with Gasteiger partial charge in [0.15, 0.2) is 0 Å². The predicted molar refractivity (Wildman–Crippen MR) is 81.8 cm³/mol. The van der Waals surface area contributed by atoms with Gasteiger partial charge < -0.3 is 10.4 Å². The van der Waals surface area contributed by atoms with Gasteiger partial charge in [-0.3, -0.25) is 0 Å². The van der Waals surface area contributed by atoms with E-state index in [0.717, 1.165) is 12.8 Å². The first-order chi connectivity index (χ1) is 9.74. The van der Waals surface area contributed by atoms with Crippen molar-refractivity contribution in [3.05, 3.63) is 65.2 Å². The van der Waals surface area contributed by atoms with E-state index in [1.54, 1.807) is 6.07 Å². The molecule has 2 nitrogen and oxygen atoms in total. The first kappa shape index (κ1) is 13.2. The van der Waals surface area contributed by atoms with E-state index in [-0.39, 0.29) is 0 Å². The Kier molecular flexibility index (Phi) is 3.75. The molecule has 2 aromatic carbocycles. The molecule has 2 aromatic rings. The number of hydrogen-bond donors (Lipinski definition) is 2. The molecule has 2 atom stereocenters. The highest BCUT2D eigenvalue weighted by Crippen LogP contribution is 2.33. The summed E-state index contributed by atoms with van der Waals surface area (Å²) >= 11 is 0. The molecule has 0 spiro atoms. The van der Waals surface area contributed by atoms with Crippen LogP contribution in [0.5, 0.6) is 5.75 Å². The number of aromatic hydroxyl groups is 1. The van der Waals surface area contributed by atoms with Gasteiger partial charge in [0.1, 0.15) is 5.75 Å². The molecule has 2 heteroatoms.